The number of anilines is 1. The highest BCUT2D eigenvalue weighted by molar-refractivity contribution is 8.01. The molecular weight excluding hydrogens is 268 g/mol. The number of rotatable bonds is 4. The van der Waals surface area contributed by atoms with Gasteiger partial charge in [-0.15, -0.1) is 10.2 Å². The van der Waals surface area contributed by atoms with Crippen LogP contribution in [0, 0.1) is 5.41 Å². The third kappa shape index (κ3) is 2.96. The van der Waals surface area contributed by atoms with Crippen molar-refractivity contribution in [2.45, 2.75) is 9.37 Å². The van der Waals surface area contributed by atoms with Crippen LogP contribution in [0.25, 0.3) is 0 Å². The molecule has 3 N–H and O–H groups in total. The maximum atomic E-state index is 7.38. The van der Waals surface area contributed by atoms with Gasteiger partial charge in [0.05, 0.1) is 0 Å². The van der Waals surface area contributed by atoms with Crippen molar-refractivity contribution in [3.05, 3.63) is 23.9 Å². The van der Waals surface area contributed by atoms with Gasteiger partial charge in [0.2, 0.25) is 5.13 Å². The average molecular weight is 280 g/mol. The molecule has 0 aliphatic rings. The Labute approximate surface area is 113 Å². The molecule has 2 heterocycles. The fraction of sp³-hybridized carbons (Fsp3) is 0.200. The minimum Gasteiger partial charge on any atom is -0.384 e. The van der Waals surface area contributed by atoms with E-state index in [1.54, 1.807) is 18.3 Å². The summed E-state index contributed by atoms with van der Waals surface area (Å²) >= 11 is 2.90. The molecule has 0 unspecified atom stereocenters. The fourth-order valence-electron chi connectivity index (χ4n) is 1.15. The summed E-state index contributed by atoms with van der Waals surface area (Å²) in [5.41, 5.74) is 6.09. The lowest BCUT2D eigenvalue weighted by Crippen LogP contribution is -2.10. The second-order valence-corrected chi connectivity index (χ2v) is 5.87. The summed E-state index contributed by atoms with van der Waals surface area (Å²) in [5, 5.41) is 17.1. The number of nitrogens with two attached hydrogens (primary N) is 1. The van der Waals surface area contributed by atoms with E-state index in [0.717, 1.165) is 14.5 Å². The lowest BCUT2D eigenvalue weighted by atomic mass is 10.2. The average Bonchev–Trinajstić information content (AvgIpc) is 2.78. The van der Waals surface area contributed by atoms with E-state index in [1.807, 2.05) is 19.0 Å². The number of nitrogens with one attached hydrogen (secondary N) is 1. The molecule has 6 nitrogen and oxygen atoms in total. The van der Waals surface area contributed by atoms with E-state index < -0.39 is 0 Å². The largest absolute Gasteiger partial charge is 0.384 e. The molecule has 0 spiro atoms. The van der Waals surface area contributed by atoms with Gasteiger partial charge >= 0.3 is 0 Å². The number of hydrogen-bond acceptors (Lipinski definition) is 7. The lowest BCUT2D eigenvalue weighted by Gasteiger charge is -2.03. The molecule has 0 aromatic carbocycles. The molecule has 8 heteroatoms. The first kappa shape index (κ1) is 12.8. The van der Waals surface area contributed by atoms with Crippen molar-refractivity contribution in [3.63, 3.8) is 0 Å². The Morgan fingerprint density at radius 2 is 2.22 bits per heavy atom. The molecule has 0 aliphatic heterocycles. The summed E-state index contributed by atoms with van der Waals surface area (Å²) in [7, 11) is 3.84. The molecule has 2 aromatic rings. The van der Waals surface area contributed by atoms with Gasteiger partial charge in [-0.2, -0.15) is 0 Å². The topological polar surface area (TPSA) is 91.8 Å². The van der Waals surface area contributed by atoms with Gasteiger partial charge in [-0.05, 0) is 23.9 Å². The Morgan fingerprint density at radius 3 is 2.83 bits per heavy atom. The molecule has 2 rings (SSSR count). The predicted molar refractivity (Wildman–Crippen MR) is 73.6 cm³/mol. The van der Waals surface area contributed by atoms with Gasteiger partial charge in [-0.25, -0.2) is 4.98 Å². The second-order valence-electron chi connectivity index (χ2n) is 3.64. The van der Waals surface area contributed by atoms with Crippen LogP contribution in [-0.4, -0.2) is 35.1 Å². The molecule has 0 fully saturated rings. The van der Waals surface area contributed by atoms with Gasteiger partial charge in [0.25, 0.3) is 0 Å². The van der Waals surface area contributed by atoms with Crippen LogP contribution in [-0.2, 0) is 0 Å². The minimum atomic E-state index is 0.0329. The summed E-state index contributed by atoms with van der Waals surface area (Å²) in [4.78, 5) is 6.11. The molecule has 0 bridgehead atoms. The first-order valence-corrected chi connectivity index (χ1v) is 6.68. The Balaban J connectivity index is 2.17. The molecule has 0 atom stereocenters. The first-order chi connectivity index (χ1) is 8.56. The van der Waals surface area contributed by atoms with Crippen LogP contribution in [0.1, 0.15) is 5.56 Å². The summed E-state index contributed by atoms with van der Waals surface area (Å²) in [6, 6.07) is 3.47. The molecule has 0 saturated carbocycles. The van der Waals surface area contributed by atoms with Gasteiger partial charge in [-0.3, -0.25) is 5.41 Å². The third-order valence-corrected chi connectivity index (χ3v) is 4.09. The number of nitrogens with zero attached hydrogens (tertiary/aromatic N) is 4. The van der Waals surface area contributed by atoms with E-state index in [9.17, 15) is 0 Å². The van der Waals surface area contributed by atoms with E-state index >= 15 is 0 Å². The van der Waals surface area contributed by atoms with Crippen LogP contribution >= 0.6 is 23.1 Å². The maximum absolute atomic E-state index is 7.38. The summed E-state index contributed by atoms with van der Waals surface area (Å²) in [6.45, 7) is 0. The molecule has 0 aliphatic carbocycles. The molecular formula is C10H12N6S2. The summed E-state index contributed by atoms with van der Waals surface area (Å²) in [5.74, 6) is 0.0329. The van der Waals surface area contributed by atoms with E-state index in [0.29, 0.717) is 5.56 Å². The normalized spacial score (nSPS) is 10.3. The number of hydrogen-bond donors (Lipinski definition) is 2. The van der Waals surface area contributed by atoms with Crippen molar-refractivity contribution in [1.29, 1.82) is 5.41 Å². The van der Waals surface area contributed by atoms with Crippen molar-refractivity contribution in [1.82, 2.24) is 15.2 Å². The highest BCUT2D eigenvalue weighted by Crippen LogP contribution is 2.31. The molecule has 2 aromatic heterocycles. The molecule has 18 heavy (non-hydrogen) atoms. The number of pyridine rings is 1. The van der Waals surface area contributed by atoms with Crippen molar-refractivity contribution in [3.8, 4) is 0 Å². The highest BCUT2D eigenvalue weighted by atomic mass is 32.2. The maximum Gasteiger partial charge on any atom is 0.208 e. The molecule has 0 saturated heterocycles. The predicted octanol–water partition coefficient (Wildman–Crippen LogP) is 1.43. The van der Waals surface area contributed by atoms with E-state index in [1.165, 1.54) is 23.1 Å². The Morgan fingerprint density at radius 1 is 1.44 bits per heavy atom. The highest BCUT2D eigenvalue weighted by Gasteiger charge is 2.09. The second kappa shape index (κ2) is 5.32. The Bertz CT molecular complexity index is 565. The van der Waals surface area contributed by atoms with Crippen LogP contribution in [0.15, 0.2) is 27.7 Å². The SMILES string of the molecule is CN(C)c1nnc(Sc2cc(C(=N)N)ccn2)s1. The molecule has 0 radical (unpaired) electrons. The van der Waals surface area contributed by atoms with Crippen LogP contribution in [0.4, 0.5) is 5.13 Å². The summed E-state index contributed by atoms with van der Waals surface area (Å²) < 4.78 is 0.812. The zero-order valence-corrected chi connectivity index (χ0v) is 11.5. The van der Waals surface area contributed by atoms with Gasteiger partial charge in [0.15, 0.2) is 4.34 Å². The Kier molecular flexibility index (Phi) is 3.78. The van der Waals surface area contributed by atoms with Crippen molar-refractivity contribution in [2.75, 3.05) is 19.0 Å². The van der Waals surface area contributed by atoms with Gasteiger partial charge in [0.1, 0.15) is 10.9 Å². The van der Waals surface area contributed by atoms with E-state index in [4.69, 9.17) is 11.1 Å². The monoisotopic (exact) mass is 280 g/mol. The number of nitrogen functional groups attached to an aromatic ring is 1. The van der Waals surface area contributed by atoms with Crippen LogP contribution in [0.3, 0.4) is 0 Å². The van der Waals surface area contributed by atoms with E-state index in [2.05, 4.69) is 15.2 Å². The first-order valence-electron chi connectivity index (χ1n) is 5.05. The van der Waals surface area contributed by atoms with Crippen molar-refractivity contribution >= 4 is 34.1 Å². The zero-order chi connectivity index (χ0) is 13.1. The quantitative estimate of drug-likeness (QED) is 0.650. The summed E-state index contributed by atoms with van der Waals surface area (Å²) in [6.07, 6.45) is 1.63. The zero-order valence-electron chi connectivity index (χ0n) is 9.91. The van der Waals surface area contributed by atoms with Crippen molar-refractivity contribution < 1.29 is 0 Å². The van der Waals surface area contributed by atoms with E-state index in [-0.39, 0.29) is 5.84 Å². The van der Waals surface area contributed by atoms with Crippen LogP contribution in [0.2, 0.25) is 0 Å². The molecule has 94 valence electrons. The van der Waals surface area contributed by atoms with Gasteiger partial charge < -0.3 is 10.6 Å². The molecule has 0 amide bonds. The smallest absolute Gasteiger partial charge is 0.208 e. The van der Waals surface area contributed by atoms with Gasteiger partial charge in [-0.1, -0.05) is 11.3 Å². The third-order valence-electron chi connectivity index (χ3n) is 2.02. The van der Waals surface area contributed by atoms with Crippen molar-refractivity contribution in [2.24, 2.45) is 5.73 Å². The minimum absolute atomic E-state index is 0.0329. The number of amidine groups is 1. The standard InChI is InChI=1S/C10H12N6S2/c1-16(2)9-14-15-10(18-9)17-7-5-6(8(11)12)3-4-13-7/h3-5H,1-2H3,(H3,11,12). The van der Waals surface area contributed by atoms with Crippen LogP contribution < -0.4 is 10.6 Å². The fourth-order valence-corrected chi connectivity index (χ4v) is 2.86. The Hall–Kier alpha value is -1.67. The van der Waals surface area contributed by atoms with Crippen LogP contribution in [0.5, 0.6) is 0 Å². The number of aromatic nitrogens is 3. The lowest BCUT2D eigenvalue weighted by molar-refractivity contribution is 0.970. The van der Waals surface area contributed by atoms with Gasteiger partial charge in [0, 0.05) is 25.9 Å².